The molecule has 36 heavy (non-hydrogen) atoms. The van der Waals surface area contributed by atoms with Gasteiger partial charge in [-0.05, 0) is 24.3 Å². The summed E-state index contributed by atoms with van der Waals surface area (Å²) in [5, 5.41) is 3.15. The number of anilines is 4. The molecule has 0 bridgehead atoms. The first kappa shape index (κ1) is 22.9. The third-order valence-corrected chi connectivity index (χ3v) is 6.33. The molecule has 178 valence electrons. The fraction of sp³-hybridized carbons (Fsp3) is 0.0385. The Morgan fingerprint density at radius 1 is 0.833 bits per heavy atom. The first-order chi connectivity index (χ1) is 17.6. The van der Waals surface area contributed by atoms with Crippen LogP contribution in [0, 0.1) is 0 Å². The molecule has 0 aliphatic heterocycles. The Hall–Kier alpha value is -4.83. The number of benzene rings is 3. The quantitative estimate of drug-likeness (QED) is 0.243. The summed E-state index contributed by atoms with van der Waals surface area (Å²) in [6.45, 7) is 0. The number of nitrogen functional groups attached to an aromatic ring is 2. The van der Waals surface area contributed by atoms with Gasteiger partial charge < -0.3 is 21.4 Å². The molecule has 5 aromatic rings. The SMILES string of the molecule is Cn1c(N)c(-c2nc(N)nc(Nc3ccccc3)n2)sc1=NC(=Nc1ccccc1)c1ccccc1. The molecule has 5 rings (SSSR count). The number of para-hydroxylation sites is 2. The Morgan fingerprint density at radius 2 is 1.47 bits per heavy atom. The van der Waals surface area contributed by atoms with Crippen molar-refractivity contribution < 1.29 is 0 Å². The minimum Gasteiger partial charge on any atom is -0.384 e. The Balaban J connectivity index is 1.59. The lowest BCUT2D eigenvalue weighted by atomic mass is 10.2. The summed E-state index contributed by atoms with van der Waals surface area (Å²) in [5.74, 6) is 1.80. The zero-order valence-electron chi connectivity index (χ0n) is 19.4. The average molecular weight is 494 g/mol. The van der Waals surface area contributed by atoms with E-state index >= 15 is 0 Å². The van der Waals surface area contributed by atoms with Crippen LogP contribution < -0.4 is 21.6 Å². The third kappa shape index (κ3) is 5.13. The van der Waals surface area contributed by atoms with E-state index in [2.05, 4.69) is 20.3 Å². The van der Waals surface area contributed by atoms with Crippen LogP contribution in [0.3, 0.4) is 0 Å². The van der Waals surface area contributed by atoms with Gasteiger partial charge in [0.25, 0.3) is 0 Å². The Kier molecular flexibility index (Phi) is 6.50. The maximum absolute atomic E-state index is 6.47. The second-order valence-corrected chi connectivity index (χ2v) is 8.72. The topological polar surface area (TPSA) is 132 Å². The lowest BCUT2D eigenvalue weighted by Gasteiger charge is -2.06. The Morgan fingerprint density at radius 3 is 2.17 bits per heavy atom. The maximum atomic E-state index is 6.47. The van der Waals surface area contributed by atoms with E-state index in [0.29, 0.717) is 33.1 Å². The fourth-order valence-electron chi connectivity index (χ4n) is 3.38. The second kappa shape index (κ2) is 10.2. The zero-order chi connectivity index (χ0) is 24.9. The smallest absolute Gasteiger partial charge is 0.232 e. The van der Waals surface area contributed by atoms with Crippen molar-refractivity contribution in [3.63, 3.8) is 0 Å². The number of nitrogens with one attached hydrogen (secondary N) is 1. The average Bonchev–Trinajstić information content (AvgIpc) is 3.18. The molecule has 0 radical (unpaired) electrons. The number of thiazole rings is 1. The summed E-state index contributed by atoms with van der Waals surface area (Å²) < 4.78 is 1.79. The summed E-state index contributed by atoms with van der Waals surface area (Å²) in [6, 6.07) is 29.1. The van der Waals surface area contributed by atoms with E-state index in [1.807, 2.05) is 98.0 Å². The minimum absolute atomic E-state index is 0.0861. The van der Waals surface area contributed by atoms with Crippen molar-refractivity contribution in [1.29, 1.82) is 0 Å². The third-order valence-electron chi connectivity index (χ3n) is 5.18. The highest BCUT2D eigenvalue weighted by atomic mass is 32.1. The summed E-state index contributed by atoms with van der Waals surface area (Å²) in [7, 11) is 1.84. The van der Waals surface area contributed by atoms with E-state index in [0.717, 1.165) is 16.9 Å². The standard InChI is InChI=1S/C26H23N9S/c1-35-21(27)20(23-31-24(28)34-25(32-23)30-19-15-9-4-10-16-19)36-26(35)33-22(17-11-5-2-6-12-17)29-18-13-7-3-8-14-18/h2-16H,27H2,1H3,(H3,28,30,31,32,34). The summed E-state index contributed by atoms with van der Waals surface area (Å²) >= 11 is 1.35. The van der Waals surface area contributed by atoms with Crippen LogP contribution in [0.1, 0.15) is 5.56 Å². The van der Waals surface area contributed by atoms with E-state index in [1.54, 1.807) is 4.57 Å². The molecule has 0 saturated heterocycles. The fourth-order valence-corrected chi connectivity index (χ4v) is 4.36. The first-order valence-electron chi connectivity index (χ1n) is 11.1. The highest BCUT2D eigenvalue weighted by Crippen LogP contribution is 2.27. The Labute approximate surface area is 211 Å². The summed E-state index contributed by atoms with van der Waals surface area (Å²) in [5.41, 5.74) is 15.0. The monoisotopic (exact) mass is 493 g/mol. The molecule has 2 heterocycles. The van der Waals surface area contributed by atoms with Crippen molar-refractivity contribution >= 4 is 46.3 Å². The maximum Gasteiger partial charge on any atom is 0.232 e. The number of aromatic nitrogens is 4. The normalized spacial score (nSPS) is 12.0. The molecule has 0 spiro atoms. The van der Waals surface area contributed by atoms with Crippen molar-refractivity contribution in [2.75, 3.05) is 16.8 Å². The molecule has 0 unspecified atom stereocenters. The van der Waals surface area contributed by atoms with Gasteiger partial charge in [0, 0.05) is 18.3 Å². The van der Waals surface area contributed by atoms with Gasteiger partial charge in [0.15, 0.2) is 16.5 Å². The number of nitrogens with zero attached hydrogens (tertiary/aromatic N) is 6. The number of nitrogens with two attached hydrogens (primary N) is 2. The van der Waals surface area contributed by atoms with Gasteiger partial charge in [0.1, 0.15) is 10.7 Å². The highest BCUT2D eigenvalue weighted by Gasteiger charge is 2.16. The van der Waals surface area contributed by atoms with Crippen molar-refractivity contribution in [3.8, 4) is 10.7 Å². The van der Waals surface area contributed by atoms with Crippen LogP contribution >= 0.6 is 11.3 Å². The Bertz CT molecular complexity index is 1570. The summed E-state index contributed by atoms with van der Waals surface area (Å²) in [4.78, 5) is 24.0. The van der Waals surface area contributed by atoms with Gasteiger partial charge in [-0.2, -0.15) is 15.0 Å². The molecule has 0 fully saturated rings. The minimum atomic E-state index is 0.0861. The van der Waals surface area contributed by atoms with Gasteiger partial charge in [-0.25, -0.2) is 9.98 Å². The van der Waals surface area contributed by atoms with E-state index in [-0.39, 0.29) is 5.95 Å². The predicted octanol–water partition coefficient (Wildman–Crippen LogP) is 4.53. The molecular weight excluding hydrogens is 470 g/mol. The predicted molar refractivity (Wildman–Crippen MR) is 145 cm³/mol. The lowest BCUT2D eigenvalue weighted by molar-refractivity contribution is 0.890. The number of amidine groups is 1. The highest BCUT2D eigenvalue weighted by molar-refractivity contribution is 7.13. The van der Waals surface area contributed by atoms with E-state index < -0.39 is 0 Å². The van der Waals surface area contributed by atoms with Crippen LogP contribution in [0.2, 0.25) is 0 Å². The molecule has 0 atom stereocenters. The number of aliphatic imine (C=N–C) groups is 1. The summed E-state index contributed by atoms with van der Waals surface area (Å²) in [6.07, 6.45) is 0. The van der Waals surface area contributed by atoms with Crippen LogP contribution in [0.4, 0.5) is 29.1 Å². The molecule has 3 aromatic carbocycles. The molecule has 0 aliphatic carbocycles. The largest absolute Gasteiger partial charge is 0.384 e. The number of hydrogen-bond acceptors (Lipinski definition) is 8. The van der Waals surface area contributed by atoms with Crippen LogP contribution in [-0.4, -0.2) is 25.4 Å². The first-order valence-corrected chi connectivity index (χ1v) is 11.9. The van der Waals surface area contributed by atoms with Crippen molar-refractivity contribution in [2.45, 2.75) is 0 Å². The second-order valence-electron chi connectivity index (χ2n) is 7.74. The van der Waals surface area contributed by atoms with Gasteiger partial charge in [-0.1, -0.05) is 78.1 Å². The lowest BCUT2D eigenvalue weighted by Crippen LogP contribution is -2.15. The van der Waals surface area contributed by atoms with Gasteiger partial charge in [0.2, 0.25) is 11.9 Å². The molecule has 0 aliphatic rings. The number of hydrogen-bond donors (Lipinski definition) is 3. The van der Waals surface area contributed by atoms with Crippen molar-refractivity contribution in [2.24, 2.45) is 17.0 Å². The van der Waals surface area contributed by atoms with Crippen LogP contribution in [0.25, 0.3) is 10.7 Å². The van der Waals surface area contributed by atoms with Crippen molar-refractivity contribution in [1.82, 2.24) is 19.5 Å². The molecule has 5 N–H and O–H groups in total. The van der Waals surface area contributed by atoms with E-state index in [1.165, 1.54) is 11.3 Å². The van der Waals surface area contributed by atoms with Gasteiger partial charge in [-0.3, -0.25) is 0 Å². The molecule has 9 nitrogen and oxygen atoms in total. The molecular formula is C26H23N9S. The molecule has 2 aromatic heterocycles. The van der Waals surface area contributed by atoms with Gasteiger partial charge >= 0.3 is 0 Å². The molecule has 10 heteroatoms. The number of rotatable bonds is 5. The zero-order valence-corrected chi connectivity index (χ0v) is 20.2. The van der Waals surface area contributed by atoms with E-state index in [9.17, 15) is 0 Å². The van der Waals surface area contributed by atoms with Crippen LogP contribution in [-0.2, 0) is 7.05 Å². The van der Waals surface area contributed by atoms with E-state index in [4.69, 9.17) is 21.5 Å². The van der Waals surface area contributed by atoms with Crippen LogP contribution in [0.15, 0.2) is 101 Å². The van der Waals surface area contributed by atoms with Crippen LogP contribution in [0.5, 0.6) is 0 Å². The van der Waals surface area contributed by atoms with Gasteiger partial charge in [0.05, 0.1) is 5.69 Å². The molecule has 0 saturated carbocycles. The molecule has 0 amide bonds. The van der Waals surface area contributed by atoms with Crippen molar-refractivity contribution in [3.05, 3.63) is 101 Å². The van der Waals surface area contributed by atoms with Gasteiger partial charge in [-0.15, -0.1) is 0 Å².